The Morgan fingerprint density at radius 3 is 3.04 bits per heavy atom. The van der Waals surface area contributed by atoms with Gasteiger partial charge in [0.15, 0.2) is 5.38 Å². The number of nitrogens with zero attached hydrogens (tertiary/aromatic N) is 2. The number of hydrogen-bond acceptors (Lipinski definition) is 7. The van der Waals surface area contributed by atoms with Gasteiger partial charge in [-0.05, 0) is 12.1 Å². The largest absolute Gasteiger partial charge is 0.463 e. The molecule has 0 saturated carbocycles. The second kappa shape index (κ2) is 8.88. The standard InChI is InChI=1S/C17H20ClN5O3/c18-16(14-9-20-10-15(24)23-14)17(25)26-6-5-22-13-8-19-7-11(13)12-3-1-2-4-21-12/h1-4,9-11,13,16,19,22H,5-8H2,(H,23,24). The zero-order chi connectivity index (χ0) is 18.4. The average Bonchev–Trinajstić information content (AvgIpc) is 3.13. The van der Waals surface area contributed by atoms with Gasteiger partial charge in [0.1, 0.15) is 6.61 Å². The SMILES string of the molecule is O=C(OCCNC1CNCC1c1ccccn1)C(Cl)c1cncc(=O)[nH]1. The normalized spacial score (nSPS) is 20.7. The molecule has 1 saturated heterocycles. The summed E-state index contributed by atoms with van der Waals surface area (Å²) in [6, 6.07) is 6.10. The van der Waals surface area contributed by atoms with Crippen LogP contribution in [0.25, 0.3) is 0 Å². The van der Waals surface area contributed by atoms with Crippen LogP contribution in [0.5, 0.6) is 0 Å². The van der Waals surface area contributed by atoms with Crippen molar-refractivity contribution in [3.8, 4) is 0 Å². The van der Waals surface area contributed by atoms with E-state index in [0.29, 0.717) is 6.54 Å². The minimum absolute atomic E-state index is 0.179. The molecule has 9 heteroatoms. The Kier molecular flexibility index (Phi) is 6.32. The molecule has 0 bridgehead atoms. The van der Waals surface area contributed by atoms with Crippen LogP contribution in [-0.4, -0.2) is 53.2 Å². The van der Waals surface area contributed by atoms with Crippen LogP contribution < -0.4 is 16.2 Å². The quantitative estimate of drug-likeness (QED) is 0.362. The van der Waals surface area contributed by atoms with Crippen molar-refractivity contribution in [2.75, 3.05) is 26.2 Å². The van der Waals surface area contributed by atoms with E-state index < -0.39 is 16.9 Å². The number of alkyl halides is 1. The molecule has 8 nitrogen and oxygen atoms in total. The van der Waals surface area contributed by atoms with Gasteiger partial charge in [0, 0.05) is 49.7 Å². The Morgan fingerprint density at radius 1 is 1.38 bits per heavy atom. The molecule has 0 radical (unpaired) electrons. The topological polar surface area (TPSA) is 109 Å². The summed E-state index contributed by atoms with van der Waals surface area (Å²) >= 11 is 6.01. The zero-order valence-corrected chi connectivity index (χ0v) is 14.8. The number of pyridine rings is 1. The van der Waals surface area contributed by atoms with Crippen molar-refractivity contribution in [1.82, 2.24) is 25.6 Å². The van der Waals surface area contributed by atoms with E-state index >= 15 is 0 Å². The van der Waals surface area contributed by atoms with E-state index in [1.807, 2.05) is 18.2 Å². The number of rotatable bonds is 7. The summed E-state index contributed by atoms with van der Waals surface area (Å²) < 4.78 is 5.18. The Bertz CT molecular complexity index is 785. The van der Waals surface area contributed by atoms with Crippen LogP contribution in [0.2, 0.25) is 0 Å². The summed E-state index contributed by atoms with van der Waals surface area (Å²) in [4.78, 5) is 33.8. The van der Waals surface area contributed by atoms with E-state index in [2.05, 4.69) is 25.6 Å². The van der Waals surface area contributed by atoms with Crippen LogP contribution in [-0.2, 0) is 9.53 Å². The number of aromatic amines is 1. The van der Waals surface area contributed by atoms with Gasteiger partial charge in [0.05, 0.1) is 11.9 Å². The van der Waals surface area contributed by atoms with Crippen LogP contribution in [0.3, 0.4) is 0 Å². The van der Waals surface area contributed by atoms with Gasteiger partial charge in [0.2, 0.25) is 0 Å². The number of H-pyrrole nitrogens is 1. The summed E-state index contributed by atoms with van der Waals surface area (Å²) in [5.41, 5.74) is 0.831. The van der Waals surface area contributed by atoms with Crippen LogP contribution in [0.4, 0.5) is 0 Å². The molecule has 2 aromatic heterocycles. The Morgan fingerprint density at radius 2 is 2.27 bits per heavy atom. The highest BCUT2D eigenvalue weighted by atomic mass is 35.5. The average molecular weight is 378 g/mol. The van der Waals surface area contributed by atoms with Gasteiger partial charge in [-0.2, -0.15) is 0 Å². The maximum Gasteiger partial charge on any atom is 0.330 e. The third-order valence-corrected chi connectivity index (χ3v) is 4.60. The first-order chi connectivity index (χ1) is 12.6. The fourth-order valence-corrected chi connectivity index (χ4v) is 3.09. The molecule has 26 heavy (non-hydrogen) atoms. The maximum atomic E-state index is 12.0. The highest BCUT2D eigenvalue weighted by molar-refractivity contribution is 6.29. The number of halogens is 1. The Hall–Kier alpha value is -2.29. The number of carbonyl (C=O) groups excluding carboxylic acids is 1. The van der Waals surface area contributed by atoms with E-state index in [1.54, 1.807) is 6.20 Å². The lowest BCUT2D eigenvalue weighted by molar-refractivity contribution is -0.143. The lowest BCUT2D eigenvalue weighted by Crippen LogP contribution is -2.37. The second-order valence-electron chi connectivity index (χ2n) is 5.96. The van der Waals surface area contributed by atoms with Gasteiger partial charge < -0.3 is 20.4 Å². The molecule has 3 rings (SSSR count). The lowest BCUT2D eigenvalue weighted by Gasteiger charge is -2.19. The molecule has 0 aromatic carbocycles. The van der Waals surface area contributed by atoms with Gasteiger partial charge in [-0.25, -0.2) is 0 Å². The number of esters is 1. The summed E-state index contributed by atoms with van der Waals surface area (Å²) in [6.45, 7) is 2.35. The molecule has 2 aromatic rings. The first kappa shape index (κ1) is 18.5. The van der Waals surface area contributed by atoms with Crippen molar-refractivity contribution in [2.24, 2.45) is 0 Å². The molecule has 0 amide bonds. The van der Waals surface area contributed by atoms with Crippen molar-refractivity contribution in [3.63, 3.8) is 0 Å². The van der Waals surface area contributed by atoms with Crippen molar-refractivity contribution in [1.29, 1.82) is 0 Å². The molecular formula is C17H20ClN5O3. The smallest absolute Gasteiger partial charge is 0.330 e. The highest BCUT2D eigenvalue weighted by Gasteiger charge is 2.29. The van der Waals surface area contributed by atoms with Crippen molar-refractivity contribution >= 4 is 17.6 Å². The molecule has 0 aliphatic carbocycles. The Balaban J connectivity index is 1.45. The molecule has 0 spiro atoms. The summed E-state index contributed by atoms with van der Waals surface area (Å²) in [7, 11) is 0. The second-order valence-corrected chi connectivity index (χ2v) is 6.40. The minimum atomic E-state index is -1.09. The van der Waals surface area contributed by atoms with Crippen LogP contribution >= 0.6 is 11.6 Å². The van der Waals surface area contributed by atoms with Crippen molar-refractivity contribution in [3.05, 3.63) is 58.5 Å². The number of nitrogens with one attached hydrogen (secondary N) is 3. The number of carbonyl (C=O) groups is 1. The summed E-state index contributed by atoms with van der Waals surface area (Å²) in [5.74, 6) is -0.351. The monoisotopic (exact) mass is 377 g/mol. The van der Waals surface area contributed by atoms with Gasteiger partial charge >= 0.3 is 5.97 Å². The number of hydrogen-bond donors (Lipinski definition) is 3. The third-order valence-electron chi connectivity index (χ3n) is 4.19. The Labute approximate surface area is 155 Å². The first-order valence-corrected chi connectivity index (χ1v) is 8.79. The summed E-state index contributed by atoms with van der Waals surface area (Å²) in [5, 5.41) is 5.63. The van der Waals surface area contributed by atoms with Crippen LogP contribution in [0.15, 0.2) is 41.6 Å². The third kappa shape index (κ3) is 4.66. The molecule has 1 fully saturated rings. The zero-order valence-electron chi connectivity index (χ0n) is 14.0. The fourth-order valence-electron chi connectivity index (χ4n) is 2.92. The molecule has 138 valence electrons. The molecule has 3 unspecified atom stereocenters. The van der Waals surface area contributed by atoms with Gasteiger partial charge in [-0.3, -0.25) is 19.6 Å². The van der Waals surface area contributed by atoms with E-state index in [1.165, 1.54) is 6.20 Å². The molecule has 3 heterocycles. The van der Waals surface area contributed by atoms with E-state index in [9.17, 15) is 9.59 Å². The van der Waals surface area contributed by atoms with E-state index in [0.717, 1.165) is 25.0 Å². The number of ether oxygens (including phenoxy) is 1. The van der Waals surface area contributed by atoms with Crippen molar-refractivity contribution in [2.45, 2.75) is 17.3 Å². The van der Waals surface area contributed by atoms with E-state index in [4.69, 9.17) is 16.3 Å². The highest BCUT2D eigenvalue weighted by Crippen LogP contribution is 2.21. The predicted molar refractivity (Wildman–Crippen MR) is 96.0 cm³/mol. The van der Waals surface area contributed by atoms with Crippen molar-refractivity contribution < 1.29 is 9.53 Å². The first-order valence-electron chi connectivity index (χ1n) is 8.35. The van der Waals surface area contributed by atoms with E-state index in [-0.39, 0.29) is 24.3 Å². The maximum absolute atomic E-state index is 12.0. The van der Waals surface area contributed by atoms with Gasteiger partial charge in [-0.15, -0.1) is 11.6 Å². The van der Waals surface area contributed by atoms with Crippen LogP contribution in [0.1, 0.15) is 22.7 Å². The lowest BCUT2D eigenvalue weighted by atomic mass is 9.99. The fraction of sp³-hybridized carbons (Fsp3) is 0.412. The van der Waals surface area contributed by atoms with Gasteiger partial charge in [-0.1, -0.05) is 6.07 Å². The molecule has 1 aliphatic rings. The van der Waals surface area contributed by atoms with Gasteiger partial charge in [0.25, 0.3) is 5.56 Å². The van der Waals surface area contributed by atoms with Crippen LogP contribution in [0, 0.1) is 0 Å². The molecule has 3 atom stereocenters. The predicted octanol–water partition coefficient (Wildman–Crippen LogP) is 0.333. The number of aromatic nitrogens is 3. The molecular weight excluding hydrogens is 358 g/mol. The summed E-state index contributed by atoms with van der Waals surface area (Å²) in [6.07, 6.45) is 4.23. The minimum Gasteiger partial charge on any atom is -0.463 e. The molecule has 1 aliphatic heterocycles. The molecule has 3 N–H and O–H groups in total.